The van der Waals surface area contributed by atoms with Gasteiger partial charge in [-0.05, 0) is 30.4 Å². The predicted octanol–water partition coefficient (Wildman–Crippen LogP) is 3.16. The fourth-order valence-corrected chi connectivity index (χ4v) is 2.08. The van der Waals surface area contributed by atoms with Gasteiger partial charge in [0.05, 0.1) is 0 Å². The van der Waals surface area contributed by atoms with E-state index >= 15 is 0 Å². The maximum atomic E-state index is 11.4. The quantitative estimate of drug-likeness (QED) is 0.838. The van der Waals surface area contributed by atoms with Crippen molar-refractivity contribution >= 4 is 5.91 Å². The van der Waals surface area contributed by atoms with Gasteiger partial charge >= 0.3 is 0 Å². The van der Waals surface area contributed by atoms with Crippen molar-refractivity contribution in [2.45, 2.75) is 52.5 Å². The smallest absolute Gasteiger partial charge is 0.221 e. The molecule has 0 saturated heterocycles. The monoisotopic (exact) mass is 276 g/mol. The molecule has 1 rings (SSSR count). The van der Waals surface area contributed by atoms with Crippen LogP contribution in [0.5, 0.6) is 0 Å². The molecule has 1 aromatic carbocycles. The molecule has 0 radical (unpaired) electrons. The van der Waals surface area contributed by atoms with E-state index < -0.39 is 0 Å². The Kier molecular flexibility index (Phi) is 6.21. The number of nitrogens with one attached hydrogen (secondary N) is 2. The van der Waals surface area contributed by atoms with Crippen molar-refractivity contribution in [1.29, 1.82) is 0 Å². The third-order valence-corrected chi connectivity index (χ3v) is 3.45. The van der Waals surface area contributed by atoms with Crippen LogP contribution in [0.3, 0.4) is 0 Å². The molecule has 0 heterocycles. The van der Waals surface area contributed by atoms with Crippen LogP contribution < -0.4 is 10.6 Å². The van der Waals surface area contributed by atoms with Crippen LogP contribution in [-0.2, 0) is 10.2 Å². The van der Waals surface area contributed by atoms with Crippen LogP contribution >= 0.6 is 0 Å². The first kappa shape index (κ1) is 16.7. The summed E-state index contributed by atoms with van der Waals surface area (Å²) < 4.78 is 0. The Morgan fingerprint density at radius 1 is 1.20 bits per heavy atom. The van der Waals surface area contributed by atoms with Gasteiger partial charge in [0.1, 0.15) is 0 Å². The normalized spacial score (nSPS) is 13.1. The molecular weight excluding hydrogens is 248 g/mol. The van der Waals surface area contributed by atoms with Gasteiger partial charge in [-0.3, -0.25) is 4.79 Å². The number of rotatable bonds is 6. The second-order valence-corrected chi connectivity index (χ2v) is 6.25. The van der Waals surface area contributed by atoms with E-state index in [0.717, 1.165) is 0 Å². The van der Waals surface area contributed by atoms with Crippen LogP contribution in [0.1, 0.15) is 58.2 Å². The number of hydrogen-bond donors (Lipinski definition) is 2. The molecule has 112 valence electrons. The van der Waals surface area contributed by atoms with Crippen LogP contribution in [0.2, 0.25) is 0 Å². The molecule has 0 aliphatic carbocycles. The maximum Gasteiger partial charge on any atom is 0.221 e. The number of amides is 1. The van der Waals surface area contributed by atoms with Gasteiger partial charge in [0.15, 0.2) is 0 Å². The van der Waals surface area contributed by atoms with E-state index in [-0.39, 0.29) is 17.4 Å². The van der Waals surface area contributed by atoms with Gasteiger partial charge in [-0.1, -0.05) is 45.0 Å². The van der Waals surface area contributed by atoms with Crippen LogP contribution in [0.15, 0.2) is 24.3 Å². The Bertz CT molecular complexity index is 418. The number of benzene rings is 1. The topological polar surface area (TPSA) is 41.1 Å². The molecule has 0 bridgehead atoms. The Morgan fingerprint density at radius 2 is 1.80 bits per heavy atom. The van der Waals surface area contributed by atoms with E-state index in [1.54, 1.807) is 0 Å². The number of carbonyl (C=O) groups is 1. The lowest BCUT2D eigenvalue weighted by atomic mass is 9.86. The average molecular weight is 276 g/mol. The Labute approximate surface area is 123 Å². The standard InChI is InChI=1S/C17H28N2O/c1-6-18-16(20)11-12-19-13(2)14-7-9-15(10-8-14)17(3,4)5/h7-10,13,19H,6,11-12H2,1-5H3,(H,18,20). The minimum absolute atomic E-state index is 0.107. The fraction of sp³-hybridized carbons (Fsp3) is 0.588. The molecule has 1 atom stereocenters. The fourth-order valence-electron chi connectivity index (χ4n) is 2.08. The second kappa shape index (κ2) is 7.44. The molecule has 3 nitrogen and oxygen atoms in total. The van der Waals surface area contributed by atoms with Crippen molar-refractivity contribution in [3.8, 4) is 0 Å². The zero-order valence-electron chi connectivity index (χ0n) is 13.4. The van der Waals surface area contributed by atoms with Crippen molar-refractivity contribution in [3.63, 3.8) is 0 Å². The minimum Gasteiger partial charge on any atom is -0.356 e. The highest BCUT2D eigenvalue weighted by atomic mass is 16.1. The lowest BCUT2D eigenvalue weighted by molar-refractivity contribution is -0.120. The molecule has 0 aromatic heterocycles. The first-order chi connectivity index (χ1) is 9.34. The van der Waals surface area contributed by atoms with Gasteiger partial charge < -0.3 is 10.6 Å². The van der Waals surface area contributed by atoms with Crippen LogP contribution in [-0.4, -0.2) is 19.0 Å². The highest BCUT2D eigenvalue weighted by molar-refractivity contribution is 5.75. The molecule has 0 aliphatic rings. The zero-order valence-corrected chi connectivity index (χ0v) is 13.4. The van der Waals surface area contributed by atoms with E-state index in [4.69, 9.17) is 0 Å². The molecule has 0 saturated carbocycles. The maximum absolute atomic E-state index is 11.4. The largest absolute Gasteiger partial charge is 0.356 e. The van der Waals surface area contributed by atoms with Crippen molar-refractivity contribution in [2.75, 3.05) is 13.1 Å². The molecule has 1 aromatic rings. The first-order valence-corrected chi connectivity index (χ1v) is 7.45. The lowest BCUT2D eigenvalue weighted by Crippen LogP contribution is -2.28. The van der Waals surface area contributed by atoms with E-state index in [1.807, 2.05) is 6.92 Å². The van der Waals surface area contributed by atoms with Gasteiger partial charge in [0.2, 0.25) is 5.91 Å². The molecule has 0 fully saturated rings. The number of carbonyl (C=O) groups excluding carboxylic acids is 1. The summed E-state index contributed by atoms with van der Waals surface area (Å²) in [6.45, 7) is 12.1. The Balaban J connectivity index is 2.48. The summed E-state index contributed by atoms with van der Waals surface area (Å²) in [6, 6.07) is 8.99. The summed E-state index contributed by atoms with van der Waals surface area (Å²) in [5.41, 5.74) is 2.79. The molecule has 1 unspecified atom stereocenters. The van der Waals surface area contributed by atoms with E-state index in [2.05, 4.69) is 62.6 Å². The molecule has 1 amide bonds. The van der Waals surface area contributed by atoms with Crippen molar-refractivity contribution < 1.29 is 4.79 Å². The molecule has 20 heavy (non-hydrogen) atoms. The van der Waals surface area contributed by atoms with Gasteiger partial charge in [0, 0.05) is 25.6 Å². The molecule has 3 heteroatoms. The van der Waals surface area contributed by atoms with E-state index in [1.165, 1.54) is 11.1 Å². The van der Waals surface area contributed by atoms with Crippen LogP contribution in [0.4, 0.5) is 0 Å². The Morgan fingerprint density at radius 3 is 2.30 bits per heavy atom. The van der Waals surface area contributed by atoms with Crippen molar-refractivity contribution in [2.24, 2.45) is 0 Å². The summed E-state index contributed by atoms with van der Waals surface area (Å²) in [5.74, 6) is 0.107. The molecule has 0 aliphatic heterocycles. The summed E-state index contributed by atoms with van der Waals surface area (Å²) >= 11 is 0. The molecule has 2 N–H and O–H groups in total. The SMILES string of the molecule is CCNC(=O)CCNC(C)c1ccc(C(C)(C)C)cc1. The summed E-state index contributed by atoms with van der Waals surface area (Å²) in [7, 11) is 0. The highest BCUT2D eigenvalue weighted by Crippen LogP contribution is 2.23. The second-order valence-electron chi connectivity index (χ2n) is 6.25. The first-order valence-electron chi connectivity index (χ1n) is 7.45. The van der Waals surface area contributed by atoms with Gasteiger partial charge in [-0.2, -0.15) is 0 Å². The van der Waals surface area contributed by atoms with Gasteiger partial charge in [0.25, 0.3) is 0 Å². The number of hydrogen-bond acceptors (Lipinski definition) is 2. The third kappa shape index (κ3) is 5.33. The zero-order chi connectivity index (χ0) is 15.2. The van der Waals surface area contributed by atoms with Gasteiger partial charge in [-0.15, -0.1) is 0 Å². The van der Waals surface area contributed by atoms with Gasteiger partial charge in [-0.25, -0.2) is 0 Å². The highest BCUT2D eigenvalue weighted by Gasteiger charge is 2.14. The molecule has 0 spiro atoms. The summed E-state index contributed by atoms with van der Waals surface area (Å²) in [6.07, 6.45) is 0.526. The van der Waals surface area contributed by atoms with Crippen LogP contribution in [0.25, 0.3) is 0 Å². The van der Waals surface area contributed by atoms with E-state index in [9.17, 15) is 4.79 Å². The van der Waals surface area contributed by atoms with Crippen molar-refractivity contribution in [1.82, 2.24) is 10.6 Å². The predicted molar refractivity (Wildman–Crippen MR) is 84.9 cm³/mol. The summed E-state index contributed by atoms with van der Waals surface area (Å²) in [5, 5.41) is 6.19. The minimum atomic E-state index is 0.107. The van der Waals surface area contributed by atoms with Crippen LogP contribution in [0, 0.1) is 0 Å². The Hall–Kier alpha value is -1.35. The molecular formula is C17H28N2O. The average Bonchev–Trinajstić information content (AvgIpc) is 2.38. The summed E-state index contributed by atoms with van der Waals surface area (Å²) in [4.78, 5) is 11.4. The lowest BCUT2D eigenvalue weighted by Gasteiger charge is -2.20. The third-order valence-electron chi connectivity index (χ3n) is 3.45. The van der Waals surface area contributed by atoms with E-state index in [0.29, 0.717) is 19.5 Å². The van der Waals surface area contributed by atoms with Crippen molar-refractivity contribution in [3.05, 3.63) is 35.4 Å².